The lowest BCUT2D eigenvalue weighted by Crippen LogP contribution is -2.46. The third kappa shape index (κ3) is 1.71. The van der Waals surface area contributed by atoms with Crippen LogP contribution < -0.4 is 0 Å². The van der Waals surface area contributed by atoms with E-state index >= 15 is 0 Å². The van der Waals surface area contributed by atoms with Gasteiger partial charge in [0.2, 0.25) is 0 Å². The van der Waals surface area contributed by atoms with Crippen LogP contribution in [0.15, 0.2) is 12.3 Å². The molecule has 2 aliphatic rings. The topological polar surface area (TPSA) is 58.8 Å². The van der Waals surface area contributed by atoms with Crippen LogP contribution in [0.2, 0.25) is 0 Å². The Balaban J connectivity index is 1.91. The lowest BCUT2D eigenvalue weighted by molar-refractivity contribution is -0.0340. The molecule has 4 nitrogen and oxygen atoms in total. The maximum Gasteiger partial charge on any atom is 0.163 e. The highest BCUT2D eigenvalue weighted by Gasteiger charge is 2.44. The van der Waals surface area contributed by atoms with E-state index in [1.165, 1.54) is 25.7 Å². The zero-order valence-corrected chi connectivity index (χ0v) is 9.72. The molecule has 0 N–H and O–H groups in total. The van der Waals surface area contributed by atoms with Crippen molar-refractivity contribution in [3.8, 4) is 6.07 Å². The molecule has 1 aliphatic carbocycles. The van der Waals surface area contributed by atoms with Crippen LogP contribution in [0, 0.1) is 11.3 Å². The number of rotatable bonds is 2. The Labute approximate surface area is 101 Å². The summed E-state index contributed by atoms with van der Waals surface area (Å²) in [6.45, 7) is 0.856. The molecule has 1 saturated carbocycles. The number of nitriles is 1. The smallest absolute Gasteiger partial charge is 0.163 e. The van der Waals surface area contributed by atoms with Crippen LogP contribution in [0.25, 0.3) is 0 Å². The van der Waals surface area contributed by atoms with Gasteiger partial charge in [0.25, 0.3) is 0 Å². The van der Waals surface area contributed by atoms with Crippen molar-refractivity contribution in [1.82, 2.24) is 9.97 Å². The summed E-state index contributed by atoms with van der Waals surface area (Å²) in [4.78, 5) is 8.87. The molecule has 0 aromatic carbocycles. The molecule has 88 valence electrons. The third-order valence-electron chi connectivity index (χ3n) is 3.79. The molecule has 4 heteroatoms. The minimum absolute atomic E-state index is 0.428. The second kappa shape index (κ2) is 4.08. The zero-order chi connectivity index (χ0) is 11.7. The van der Waals surface area contributed by atoms with Crippen LogP contribution in [0.3, 0.4) is 0 Å². The van der Waals surface area contributed by atoms with Crippen LogP contribution in [0.4, 0.5) is 0 Å². The first-order chi connectivity index (χ1) is 8.34. The van der Waals surface area contributed by atoms with Crippen molar-refractivity contribution in [3.05, 3.63) is 23.8 Å². The molecular formula is C13H15N3O. The first kappa shape index (κ1) is 10.7. The Morgan fingerprint density at radius 1 is 1.35 bits per heavy atom. The van der Waals surface area contributed by atoms with Gasteiger partial charge in [-0.05, 0) is 18.9 Å². The summed E-state index contributed by atoms with van der Waals surface area (Å²) in [5.74, 6) is 1.21. The van der Waals surface area contributed by atoms with Crippen molar-refractivity contribution in [3.63, 3.8) is 0 Å². The number of aromatic nitrogens is 2. The Morgan fingerprint density at radius 2 is 2.12 bits per heavy atom. The van der Waals surface area contributed by atoms with E-state index in [2.05, 4.69) is 16.0 Å². The Kier molecular flexibility index (Phi) is 2.56. The van der Waals surface area contributed by atoms with Crippen molar-refractivity contribution < 1.29 is 4.74 Å². The monoisotopic (exact) mass is 229 g/mol. The van der Waals surface area contributed by atoms with Crippen LogP contribution in [0.5, 0.6) is 0 Å². The molecule has 0 bridgehead atoms. The predicted molar refractivity (Wildman–Crippen MR) is 61.4 cm³/mol. The Bertz CT molecular complexity index is 456. The maximum absolute atomic E-state index is 9.24. The predicted octanol–water partition coefficient (Wildman–Crippen LogP) is 1.93. The number of nitrogens with zero attached hydrogens (tertiary/aromatic N) is 3. The third-order valence-corrected chi connectivity index (χ3v) is 3.79. The van der Waals surface area contributed by atoms with Gasteiger partial charge in [-0.2, -0.15) is 5.26 Å². The fourth-order valence-electron chi connectivity index (χ4n) is 2.60. The van der Waals surface area contributed by atoms with E-state index in [0.717, 1.165) is 5.69 Å². The summed E-state index contributed by atoms with van der Waals surface area (Å²) in [6, 6.07) is 4.29. The van der Waals surface area contributed by atoms with E-state index in [4.69, 9.17) is 4.74 Å². The average molecular weight is 229 g/mol. The fourth-order valence-corrected chi connectivity index (χ4v) is 2.60. The van der Waals surface area contributed by atoms with E-state index in [9.17, 15) is 5.26 Å². The first-order valence-electron chi connectivity index (χ1n) is 6.16. The number of hydrogen-bond acceptors (Lipinski definition) is 4. The molecule has 3 rings (SSSR count). The molecule has 0 unspecified atom stereocenters. The molecule has 0 amide bonds. The fraction of sp³-hybridized carbons (Fsp3) is 0.615. The molecule has 1 aromatic rings. The van der Waals surface area contributed by atoms with Gasteiger partial charge in [-0.15, -0.1) is 0 Å². The summed E-state index contributed by atoms with van der Waals surface area (Å²) in [5, 5.41) is 9.24. The van der Waals surface area contributed by atoms with E-state index in [1.807, 2.05) is 6.07 Å². The molecule has 2 fully saturated rings. The zero-order valence-electron chi connectivity index (χ0n) is 9.72. The van der Waals surface area contributed by atoms with Gasteiger partial charge in [0.15, 0.2) is 11.2 Å². The summed E-state index contributed by atoms with van der Waals surface area (Å²) in [5.41, 5.74) is 0.517. The highest BCUT2D eigenvalue weighted by molar-refractivity contribution is 5.26. The highest BCUT2D eigenvalue weighted by atomic mass is 16.5. The molecule has 0 radical (unpaired) electrons. The minimum atomic E-state index is -0.589. The second-order valence-electron chi connectivity index (χ2n) is 4.97. The molecule has 1 saturated heterocycles. The largest absolute Gasteiger partial charge is 0.377 e. The molecule has 1 aromatic heterocycles. The second-order valence-corrected chi connectivity index (χ2v) is 4.97. The van der Waals surface area contributed by atoms with Gasteiger partial charge in [-0.3, -0.25) is 0 Å². The quantitative estimate of drug-likeness (QED) is 0.777. The van der Waals surface area contributed by atoms with E-state index < -0.39 is 5.41 Å². The molecule has 2 heterocycles. The van der Waals surface area contributed by atoms with Crippen molar-refractivity contribution in [2.45, 2.75) is 37.0 Å². The van der Waals surface area contributed by atoms with Gasteiger partial charge < -0.3 is 4.74 Å². The summed E-state index contributed by atoms with van der Waals surface area (Å²) >= 11 is 0. The molecule has 1 aliphatic heterocycles. The van der Waals surface area contributed by atoms with Gasteiger partial charge in [-0.25, -0.2) is 9.97 Å². The van der Waals surface area contributed by atoms with E-state index in [-0.39, 0.29) is 0 Å². The van der Waals surface area contributed by atoms with Crippen molar-refractivity contribution in [2.24, 2.45) is 0 Å². The highest BCUT2D eigenvalue weighted by Crippen LogP contribution is 2.34. The van der Waals surface area contributed by atoms with Gasteiger partial charge in [0.1, 0.15) is 0 Å². The van der Waals surface area contributed by atoms with Gasteiger partial charge in [0.05, 0.1) is 19.3 Å². The van der Waals surface area contributed by atoms with E-state index in [0.29, 0.717) is 25.0 Å². The molecular weight excluding hydrogens is 214 g/mol. The lowest BCUT2D eigenvalue weighted by Gasteiger charge is -2.33. The van der Waals surface area contributed by atoms with Crippen molar-refractivity contribution in [2.75, 3.05) is 13.2 Å². The standard InChI is InChI=1S/C13H15N3O/c14-7-13(8-17-9-13)12-15-6-5-11(16-12)10-3-1-2-4-10/h5-6,10H,1-4,8-9H2. The molecule has 17 heavy (non-hydrogen) atoms. The normalized spacial score (nSPS) is 23.0. The Morgan fingerprint density at radius 3 is 2.71 bits per heavy atom. The van der Waals surface area contributed by atoms with Gasteiger partial charge in [-0.1, -0.05) is 12.8 Å². The van der Waals surface area contributed by atoms with Crippen LogP contribution in [-0.2, 0) is 10.2 Å². The maximum atomic E-state index is 9.24. The van der Waals surface area contributed by atoms with Crippen molar-refractivity contribution in [1.29, 1.82) is 5.26 Å². The summed E-state index contributed by atoms with van der Waals surface area (Å²) in [7, 11) is 0. The van der Waals surface area contributed by atoms with Crippen LogP contribution in [-0.4, -0.2) is 23.2 Å². The summed E-state index contributed by atoms with van der Waals surface area (Å²) < 4.78 is 5.15. The number of hydrogen-bond donors (Lipinski definition) is 0. The van der Waals surface area contributed by atoms with Gasteiger partial charge >= 0.3 is 0 Å². The molecule has 0 atom stereocenters. The first-order valence-corrected chi connectivity index (χ1v) is 6.16. The summed E-state index contributed by atoms with van der Waals surface area (Å²) in [6.07, 6.45) is 6.79. The number of ether oxygens (including phenoxy) is 1. The van der Waals surface area contributed by atoms with Crippen LogP contribution >= 0.6 is 0 Å². The van der Waals surface area contributed by atoms with Gasteiger partial charge in [0, 0.05) is 17.8 Å². The van der Waals surface area contributed by atoms with Crippen LogP contribution in [0.1, 0.15) is 43.1 Å². The average Bonchev–Trinajstić information content (AvgIpc) is 2.82. The minimum Gasteiger partial charge on any atom is -0.377 e. The molecule has 0 spiro atoms. The van der Waals surface area contributed by atoms with Crippen molar-refractivity contribution >= 4 is 0 Å². The lowest BCUT2D eigenvalue weighted by atomic mass is 9.86. The van der Waals surface area contributed by atoms with E-state index in [1.54, 1.807) is 6.20 Å². The Hall–Kier alpha value is -1.47. The SMILES string of the molecule is N#CC1(c2nccc(C3CCCC3)n2)COC1.